The van der Waals surface area contributed by atoms with Crippen molar-refractivity contribution in [2.24, 2.45) is 0 Å². The van der Waals surface area contributed by atoms with Crippen LogP contribution in [0.2, 0.25) is 39.3 Å². The normalized spacial score (nSPS) is 12.7. The Morgan fingerprint density at radius 1 is 0.303 bits per heavy atom. The third-order valence-electron chi connectivity index (χ3n) is 14.2. The van der Waals surface area contributed by atoms with Crippen LogP contribution in [0.5, 0.6) is 0 Å². The molecule has 0 saturated heterocycles. The highest BCUT2D eigenvalue weighted by Crippen LogP contribution is 2.51. The first kappa shape index (κ1) is 39.0. The Morgan fingerprint density at radius 2 is 0.682 bits per heavy atom. The average molecular weight is 883 g/mol. The number of benzene rings is 9. The van der Waals surface area contributed by atoms with E-state index in [1.165, 1.54) is 109 Å². The van der Waals surface area contributed by atoms with E-state index < -0.39 is 16.1 Å². The summed E-state index contributed by atoms with van der Waals surface area (Å²) in [5.41, 5.74) is 14.5. The van der Waals surface area contributed by atoms with E-state index in [0.717, 1.165) is 11.4 Å². The van der Waals surface area contributed by atoms with Crippen molar-refractivity contribution < 1.29 is 0 Å². The second kappa shape index (κ2) is 14.1. The van der Waals surface area contributed by atoms with Crippen molar-refractivity contribution >= 4 is 137 Å². The summed E-state index contributed by atoms with van der Waals surface area (Å²) in [6.07, 6.45) is 0. The molecule has 4 heterocycles. The van der Waals surface area contributed by atoms with E-state index in [2.05, 4.69) is 252 Å². The van der Waals surface area contributed by atoms with E-state index in [1.54, 1.807) is 0 Å². The molecule has 13 aromatic rings. The summed E-state index contributed by atoms with van der Waals surface area (Å²) < 4.78 is 5.11. The van der Waals surface area contributed by atoms with Crippen LogP contribution in [0.15, 0.2) is 194 Å². The van der Waals surface area contributed by atoms with Gasteiger partial charge in [-0.3, -0.25) is 0 Å². The fourth-order valence-electron chi connectivity index (χ4n) is 11.1. The van der Waals surface area contributed by atoms with Gasteiger partial charge in [-0.15, -0.1) is 0 Å². The number of anilines is 6. The Balaban J connectivity index is 1.10. The van der Waals surface area contributed by atoms with Gasteiger partial charge in [-0.25, -0.2) is 0 Å². The first-order valence-corrected chi connectivity index (χ1v) is 30.3. The predicted molar refractivity (Wildman–Crippen MR) is 291 cm³/mol. The number of hydrogen-bond acceptors (Lipinski definition) is 2. The molecule has 0 N–H and O–H groups in total. The number of rotatable bonds is 8. The van der Waals surface area contributed by atoms with Gasteiger partial charge >= 0.3 is 0 Å². The largest absolute Gasteiger partial charge is 0.310 e. The van der Waals surface area contributed by atoms with Gasteiger partial charge in [0.05, 0.1) is 60.6 Å². The first-order valence-electron chi connectivity index (χ1n) is 23.3. The summed E-state index contributed by atoms with van der Waals surface area (Å²) >= 11 is 0. The lowest BCUT2D eigenvalue weighted by Crippen LogP contribution is -2.37. The van der Waals surface area contributed by atoms with Crippen LogP contribution >= 0.6 is 0 Å². The first-order chi connectivity index (χ1) is 32.0. The Bertz CT molecular complexity index is 3760. The van der Waals surface area contributed by atoms with Gasteiger partial charge in [0.25, 0.3) is 0 Å². The zero-order valence-electron chi connectivity index (χ0n) is 38.3. The van der Waals surface area contributed by atoms with Crippen LogP contribution in [0.1, 0.15) is 0 Å². The maximum Gasteiger partial charge on any atom is 0.0776 e. The van der Waals surface area contributed by atoms with Crippen LogP contribution in [-0.4, -0.2) is 24.9 Å². The molecule has 0 saturated carbocycles. The van der Waals surface area contributed by atoms with Gasteiger partial charge in [0, 0.05) is 65.8 Å². The molecule has 0 unspecified atom stereocenters. The standard InChI is InChI=1S/C60H50N4Si2/c1-65(2,3)43-25-17-23-41(35-43)61(39-19-9-7-10-20-39)53-33-31-45-49-37-56-50(38-55(49)63-51-29-15-13-27-47(51)57(53)59(45)63)46-32-34-54(58-48-28-14-16-30-52(48)64(56)60(46)58)62(40-21-11-8-12-22-40)42-24-18-26-44(36-42)66(4,5)6/h7-38H,1-6H3. The Kier molecular flexibility index (Phi) is 8.31. The van der Waals surface area contributed by atoms with E-state index >= 15 is 0 Å². The van der Waals surface area contributed by atoms with Crippen molar-refractivity contribution in [2.45, 2.75) is 39.3 Å². The van der Waals surface area contributed by atoms with Crippen molar-refractivity contribution in [1.82, 2.24) is 8.80 Å². The van der Waals surface area contributed by atoms with Gasteiger partial charge in [0.1, 0.15) is 0 Å². The smallest absolute Gasteiger partial charge is 0.0776 e. The van der Waals surface area contributed by atoms with Crippen LogP contribution in [0.3, 0.4) is 0 Å². The minimum absolute atomic E-state index is 1.15. The van der Waals surface area contributed by atoms with E-state index in [0.29, 0.717) is 0 Å². The molecule has 0 aliphatic heterocycles. The molecule has 13 rings (SSSR count). The van der Waals surface area contributed by atoms with E-state index in [1.807, 2.05) is 0 Å². The molecule has 4 aromatic heterocycles. The minimum Gasteiger partial charge on any atom is -0.310 e. The number of hydrogen-bond donors (Lipinski definition) is 0. The highest BCUT2D eigenvalue weighted by molar-refractivity contribution is 6.89. The summed E-state index contributed by atoms with van der Waals surface area (Å²) in [6.45, 7) is 14.6. The van der Waals surface area contributed by atoms with Crippen LogP contribution in [0.4, 0.5) is 34.1 Å². The zero-order valence-corrected chi connectivity index (χ0v) is 40.3. The lowest BCUT2D eigenvalue weighted by Gasteiger charge is -2.28. The Hall–Kier alpha value is -7.39. The lowest BCUT2D eigenvalue weighted by atomic mass is 10.0. The molecule has 0 atom stereocenters. The van der Waals surface area contributed by atoms with Gasteiger partial charge in [-0.1, -0.05) is 159 Å². The van der Waals surface area contributed by atoms with Crippen molar-refractivity contribution in [2.75, 3.05) is 9.80 Å². The van der Waals surface area contributed by atoms with Crippen LogP contribution < -0.4 is 20.2 Å². The summed E-state index contributed by atoms with van der Waals surface area (Å²) in [6, 6.07) is 72.9. The third kappa shape index (κ3) is 5.61. The monoisotopic (exact) mass is 882 g/mol. The van der Waals surface area contributed by atoms with E-state index in [4.69, 9.17) is 0 Å². The molecule has 0 radical (unpaired) electrons. The molecule has 9 aromatic carbocycles. The average Bonchev–Trinajstić information content (AvgIpc) is 4.06. The van der Waals surface area contributed by atoms with Crippen molar-refractivity contribution in [3.63, 3.8) is 0 Å². The Morgan fingerprint density at radius 3 is 1.09 bits per heavy atom. The molecule has 4 nitrogen and oxygen atoms in total. The molecule has 318 valence electrons. The second-order valence-corrected chi connectivity index (χ2v) is 30.4. The maximum absolute atomic E-state index is 2.56. The molecule has 0 bridgehead atoms. The number of nitrogens with zero attached hydrogens (tertiary/aromatic N) is 4. The third-order valence-corrected chi connectivity index (χ3v) is 18.3. The van der Waals surface area contributed by atoms with Crippen LogP contribution in [0, 0.1) is 0 Å². The fourth-order valence-corrected chi connectivity index (χ4v) is 13.4. The number of para-hydroxylation sites is 4. The number of fused-ring (bicyclic) bond motifs is 12. The van der Waals surface area contributed by atoms with Crippen molar-refractivity contribution in [1.29, 1.82) is 0 Å². The van der Waals surface area contributed by atoms with Crippen LogP contribution in [0.25, 0.3) is 76.2 Å². The summed E-state index contributed by atoms with van der Waals surface area (Å²) in [4.78, 5) is 4.97. The minimum atomic E-state index is -1.59. The topological polar surface area (TPSA) is 15.3 Å². The highest BCUT2D eigenvalue weighted by atomic mass is 28.3. The molecule has 0 amide bonds. The molecule has 0 aliphatic rings. The molecule has 0 aliphatic carbocycles. The van der Waals surface area contributed by atoms with Crippen LogP contribution in [-0.2, 0) is 0 Å². The highest BCUT2D eigenvalue weighted by Gasteiger charge is 2.29. The molecule has 6 heteroatoms. The van der Waals surface area contributed by atoms with Gasteiger partial charge in [-0.05, 0) is 84.9 Å². The summed E-state index contributed by atoms with van der Waals surface area (Å²) in [7, 11) is -3.19. The SMILES string of the molecule is C[Si](C)(C)c1cccc(N(c2ccccc2)c2ccc3c4cc5c(cc4n4c6ccccc6c2c34)c2ccc(N(c3ccccc3)c3cccc([Si](C)(C)C)c3)c3c4ccccc4n5c23)c1. The van der Waals surface area contributed by atoms with Gasteiger partial charge < -0.3 is 18.6 Å². The summed E-state index contributed by atoms with van der Waals surface area (Å²) in [5.74, 6) is 0. The second-order valence-electron chi connectivity index (χ2n) is 20.2. The predicted octanol–water partition coefficient (Wildman–Crippen LogP) is 16.0. The fraction of sp³-hybridized carbons (Fsp3) is 0.100. The molecule has 0 fully saturated rings. The van der Waals surface area contributed by atoms with Gasteiger partial charge in [0.15, 0.2) is 0 Å². The lowest BCUT2D eigenvalue weighted by molar-refractivity contribution is 1.30. The Labute approximate surface area is 386 Å². The van der Waals surface area contributed by atoms with Gasteiger partial charge in [0.2, 0.25) is 0 Å². The van der Waals surface area contributed by atoms with Crippen molar-refractivity contribution in [3.05, 3.63) is 194 Å². The van der Waals surface area contributed by atoms with E-state index in [-0.39, 0.29) is 0 Å². The maximum atomic E-state index is 2.56. The summed E-state index contributed by atoms with van der Waals surface area (Å²) in [5, 5.41) is 13.1. The molecular weight excluding hydrogens is 833 g/mol. The van der Waals surface area contributed by atoms with Gasteiger partial charge in [-0.2, -0.15) is 0 Å². The van der Waals surface area contributed by atoms with Crippen molar-refractivity contribution in [3.8, 4) is 0 Å². The quantitative estimate of drug-likeness (QED) is 0.141. The molecule has 66 heavy (non-hydrogen) atoms. The zero-order chi connectivity index (χ0) is 44.6. The molecule has 0 spiro atoms. The number of aromatic nitrogens is 2. The molecular formula is C60H50N4Si2. The van der Waals surface area contributed by atoms with E-state index in [9.17, 15) is 0 Å².